The molecule has 0 fully saturated rings. The maximum atomic E-state index is 12.3. The highest BCUT2D eigenvalue weighted by atomic mass is 16.4. The highest BCUT2D eigenvalue weighted by molar-refractivity contribution is 5.92. The lowest BCUT2D eigenvalue weighted by Crippen LogP contribution is -2.04. The van der Waals surface area contributed by atoms with Crippen LogP contribution in [0.4, 0.5) is 0 Å². The van der Waals surface area contributed by atoms with Crippen molar-refractivity contribution in [2.24, 2.45) is 0 Å². The molecule has 0 amide bonds. The van der Waals surface area contributed by atoms with Gasteiger partial charge in [0.15, 0.2) is 5.43 Å². The number of para-hydroxylation sites is 1. The molecule has 5 nitrogen and oxygen atoms in total. The molecule has 0 saturated heterocycles. The van der Waals surface area contributed by atoms with Crippen molar-refractivity contribution in [2.45, 2.75) is 0 Å². The van der Waals surface area contributed by atoms with Crippen molar-refractivity contribution in [3.8, 4) is 11.1 Å². The zero-order valence-electron chi connectivity index (χ0n) is 16.3. The van der Waals surface area contributed by atoms with E-state index in [9.17, 15) is 9.59 Å². The molecule has 31 heavy (non-hydrogen) atoms. The summed E-state index contributed by atoms with van der Waals surface area (Å²) in [6.45, 7) is 0. The second kappa shape index (κ2) is 7.80. The molecule has 0 atom stereocenters. The van der Waals surface area contributed by atoms with Crippen LogP contribution in [0.2, 0.25) is 0 Å². The van der Waals surface area contributed by atoms with Crippen LogP contribution in [-0.2, 0) is 0 Å². The first kappa shape index (κ1) is 18.6. The van der Waals surface area contributed by atoms with Gasteiger partial charge in [0, 0.05) is 22.9 Å². The molecule has 150 valence electrons. The van der Waals surface area contributed by atoms with Gasteiger partial charge in [0.05, 0.1) is 17.2 Å². The van der Waals surface area contributed by atoms with Crippen LogP contribution in [0.5, 0.6) is 0 Å². The van der Waals surface area contributed by atoms with E-state index in [2.05, 4.69) is 0 Å². The number of rotatable bonds is 1. The lowest BCUT2D eigenvalue weighted by molar-refractivity contribution is 0.559. The van der Waals surface area contributed by atoms with Gasteiger partial charge in [0.2, 0.25) is 0 Å². The lowest BCUT2D eigenvalue weighted by Gasteiger charge is -2.01. The standard InChI is InChI=1S/C15H10O2.C11H6O3/c16-15-12-8-4-5-9-14(12)17-10-13(15)11-6-2-1-3-7-11;12-11-2-1-7-5-8-3-4-13-9(8)6-10(7)14-11/h1-10H;1-6H. The summed E-state index contributed by atoms with van der Waals surface area (Å²) >= 11 is 0. The molecule has 0 spiro atoms. The minimum Gasteiger partial charge on any atom is -0.464 e. The van der Waals surface area contributed by atoms with Gasteiger partial charge in [-0.05, 0) is 35.9 Å². The summed E-state index contributed by atoms with van der Waals surface area (Å²) in [5, 5.41) is 2.53. The summed E-state index contributed by atoms with van der Waals surface area (Å²) in [5.74, 6) is 0. The summed E-state index contributed by atoms with van der Waals surface area (Å²) < 4.78 is 15.7. The SMILES string of the molecule is O=c1c(-c2ccccc2)coc2ccccc12.O=c1ccc2cc3ccoc3cc2o1. The zero-order valence-corrected chi connectivity index (χ0v) is 16.3. The van der Waals surface area contributed by atoms with E-state index < -0.39 is 0 Å². The Labute approximate surface area is 175 Å². The minimum absolute atomic E-state index is 0.0121. The van der Waals surface area contributed by atoms with Crippen LogP contribution >= 0.6 is 0 Å². The average molecular weight is 408 g/mol. The van der Waals surface area contributed by atoms with Gasteiger partial charge in [-0.15, -0.1) is 0 Å². The number of benzene rings is 3. The number of fused-ring (bicyclic) bond motifs is 3. The van der Waals surface area contributed by atoms with Crippen LogP contribution in [0.15, 0.2) is 120 Å². The van der Waals surface area contributed by atoms with Crippen molar-refractivity contribution in [3.63, 3.8) is 0 Å². The number of furan rings is 1. The molecule has 0 aliphatic rings. The van der Waals surface area contributed by atoms with Gasteiger partial charge in [0.25, 0.3) is 0 Å². The predicted molar refractivity (Wildman–Crippen MR) is 120 cm³/mol. The Morgan fingerprint density at radius 1 is 0.613 bits per heavy atom. The van der Waals surface area contributed by atoms with Crippen LogP contribution in [-0.4, -0.2) is 0 Å². The van der Waals surface area contributed by atoms with Crippen LogP contribution in [0.25, 0.3) is 44.0 Å². The zero-order chi connectivity index (χ0) is 21.2. The van der Waals surface area contributed by atoms with E-state index in [-0.39, 0.29) is 11.1 Å². The summed E-state index contributed by atoms with van der Waals surface area (Å²) in [7, 11) is 0. The molecule has 5 heteroatoms. The molecule has 3 aromatic carbocycles. The summed E-state index contributed by atoms with van der Waals surface area (Å²) in [5.41, 5.74) is 3.06. The van der Waals surface area contributed by atoms with Crippen molar-refractivity contribution in [1.82, 2.24) is 0 Å². The van der Waals surface area contributed by atoms with Crippen LogP contribution in [0.3, 0.4) is 0 Å². The van der Waals surface area contributed by atoms with Gasteiger partial charge in [-0.2, -0.15) is 0 Å². The third-order valence-corrected chi connectivity index (χ3v) is 4.96. The van der Waals surface area contributed by atoms with Crippen molar-refractivity contribution in [3.05, 3.63) is 118 Å². The third-order valence-electron chi connectivity index (χ3n) is 4.96. The molecular weight excluding hydrogens is 392 g/mol. The van der Waals surface area contributed by atoms with Gasteiger partial charge < -0.3 is 13.3 Å². The highest BCUT2D eigenvalue weighted by Crippen LogP contribution is 2.22. The molecule has 0 radical (unpaired) electrons. The lowest BCUT2D eigenvalue weighted by atomic mass is 10.1. The molecule has 0 aliphatic heterocycles. The van der Waals surface area contributed by atoms with E-state index in [4.69, 9.17) is 13.3 Å². The average Bonchev–Trinajstić information content (AvgIpc) is 3.26. The first-order chi connectivity index (χ1) is 15.2. The fraction of sp³-hybridized carbons (Fsp3) is 0. The van der Waals surface area contributed by atoms with Crippen LogP contribution in [0, 0.1) is 0 Å². The topological polar surface area (TPSA) is 73.6 Å². The Morgan fingerprint density at radius 2 is 1.39 bits per heavy atom. The molecule has 0 saturated carbocycles. The van der Waals surface area contributed by atoms with Crippen LogP contribution in [0.1, 0.15) is 0 Å². The molecule has 0 unspecified atom stereocenters. The van der Waals surface area contributed by atoms with Crippen molar-refractivity contribution >= 4 is 32.9 Å². The Kier molecular flexibility index (Phi) is 4.69. The van der Waals surface area contributed by atoms with Gasteiger partial charge >= 0.3 is 5.63 Å². The molecule has 3 aromatic heterocycles. The first-order valence-corrected chi connectivity index (χ1v) is 9.66. The summed E-state index contributed by atoms with van der Waals surface area (Å²) in [4.78, 5) is 23.2. The van der Waals surface area contributed by atoms with Gasteiger partial charge in [-0.1, -0.05) is 42.5 Å². The largest absolute Gasteiger partial charge is 0.464 e. The van der Waals surface area contributed by atoms with Crippen molar-refractivity contribution in [1.29, 1.82) is 0 Å². The molecule has 3 heterocycles. The smallest absolute Gasteiger partial charge is 0.336 e. The summed E-state index contributed by atoms with van der Waals surface area (Å²) in [6.07, 6.45) is 3.14. The monoisotopic (exact) mass is 408 g/mol. The van der Waals surface area contributed by atoms with E-state index >= 15 is 0 Å². The predicted octanol–water partition coefficient (Wildman–Crippen LogP) is 6.00. The molecular formula is C26H16O5. The molecule has 6 rings (SSSR count). The van der Waals surface area contributed by atoms with Crippen molar-refractivity contribution in [2.75, 3.05) is 0 Å². The van der Waals surface area contributed by atoms with E-state index in [1.807, 2.05) is 54.6 Å². The fourth-order valence-electron chi connectivity index (χ4n) is 3.42. The molecule has 6 aromatic rings. The van der Waals surface area contributed by atoms with Gasteiger partial charge in [0.1, 0.15) is 23.0 Å². The number of hydrogen-bond donors (Lipinski definition) is 0. The van der Waals surface area contributed by atoms with Crippen molar-refractivity contribution < 1.29 is 13.3 Å². The minimum atomic E-state index is -0.344. The van der Waals surface area contributed by atoms with E-state index in [0.29, 0.717) is 22.1 Å². The maximum Gasteiger partial charge on any atom is 0.336 e. The molecule has 0 aliphatic carbocycles. The maximum absolute atomic E-state index is 12.3. The third kappa shape index (κ3) is 3.65. The van der Waals surface area contributed by atoms with E-state index in [0.717, 1.165) is 21.9 Å². The van der Waals surface area contributed by atoms with Gasteiger partial charge in [-0.25, -0.2) is 4.79 Å². The van der Waals surface area contributed by atoms with E-state index in [1.165, 1.54) is 12.3 Å². The Balaban J connectivity index is 0.000000134. The Hall–Kier alpha value is -4.38. The van der Waals surface area contributed by atoms with E-state index in [1.54, 1.807) is 30.5 Å². The van der Waals surface area contributed by atoms with Gasteiger partial charge in [-0.3, -0.25) is 4.79 Å². The molecule has 0 bridgehead atoms. The highest BCUT2D eigenvalue weighted by Gasteiger charge is 2.07. The Morgan fingerprint density at radius 3 is 2.26 bits per heavy atom. The summed E-state index contributed by atoms with van der Waals surface area (Å²) in [6, 6.07) is 25.5. The first-order valence-electron chi connectivity index (χ1n) is 9.66. The van der Waals surface area contributed by atoms with Crippen LogP contribution < -0.4 is 11.1 Å². The molecule has 0 N–H and O–H groups in total. The second-order valence-corrected chi connectivity index (χ2v) is 6.94. The quantitative estimate of drug-likeness (QED) is 0.312. The Bertz CT molecular complexity index is 1620. The second-order valence-electron chi connectivity index (χ2n) is 6.94. The number of hydrogen-bond acceptors (Lipinski definition) is 5. The fourth-order valence-corrected chi connectivity index (χ4v) is 3.42. The normalized spacial score (nSPS) is 10.8.